The van der Waals surface area contributed by atoms with Gasteiger partial charge in [0.1, 0.15) is 0 Å². The molecular formula is C15H20N2O. The predicted molar refractivity (Wildman–Crippen MR) is 73.9 cm³/mol. The molecule has 0 bridgehead atoms. The van der Waals surface area contributed by atoms with Gasteiger partial charge in [0.25, 0.3) is 0 Å². The van der Waals surface area contributed by atoms with Crippen molar-refractivity contribution in [3.05, 3.63) is 35.9 Å². The SMILES string of the molecule is CC(=O)/C=N/C1CCN(Cc2ccccc2)CC1. The Labute approximate surface area is 109 Å². The van der Waals surface area contributed by atoms with Crippen molar-refractivity contribution in [2.24, 2.45) is 4.99 Å². The number of ketones is 1. The van der Waals surface area contributed by atoms with Gasteiger partial charge in [0.2, 0.25) is 0 Å². The summed E-state index contributed by atoms with van der Waals surface area (Å²) >= 11 is 0. The third kappa shape index (κ3) is 4.08. The zero-order valence-corrected chi connectivity index (χ0v) is 10.9. The van der Waals surface area contributed by atoms with E-state index >= 15 is 0 Å². The number of rotatable bonds is 4. The van der Waals surface area contributed by atoms with Gasteiger partial charge >= 0.3 is 0 Å². The number of benzene rings is 1. The Morgan fingerprint density at radius 3 is 2.61 bits per heavy atom. The zero-order valence-electron chi connectivity index (χ0n) is 10.9. The van der Waals surface area contributed by atoms with Crippen LogP contribution >= 0.6 is 0 Å². The summed E-state index contributed by atoms with van der Waals surface area (Å²) in [4.78, 5) is 17.6. The quantitative estimate of drug-likeness (QED) is 0.761. The lowest BCUT2D eigenvalue weighted by Crippen LogP contribution is -2.34. The number of carbonyl (C=O) groups is 1. The van der Waals surface area contributed by atoms with Crippen LogP contribution in [-0.4, -0.2) is 36.0 Å². The second-order valence-corrected chi connectivity index (χ2v) is 4.88. The minimum absolute atomic E-state index is 0.0433. The molecule has 1 aromatic carbocycles. The summed E-state index contributed by atoms with van der Waals surface area (Å²) in [5, 5.41) is 0. The number of carbonyl (C=O) groups excluding carboxylic acids is 1. The Hall–Kier alpha value is -1.48. The van der Waals surface area contributed by atoms with Crippen molar-refractivity contribution in [1.82, 2.24) is 4.90 Å². The van der Waals surface area contributed by atoms with Crippen molar-refractivity contribution in [2.45, 2.75) is 32.4 Å². The van der Waals surface area contributed by atoms with Gasteiger partial charge in [0.05, 0.1) is 12.3 Å². The van der Waals surface area contributed by atoms with E-state index in [2.05, 4.69) is 34.2 Å². The van der Waals surface area contributed by atoms with Crippen LogP contribution < -0.4 is 0 Å². The molecule has 18 heavy (non-hydrogen) atoms. The fourth-order valence-electron chi connectivity index (χ4n) is 2.28. The Balaban J connectivity index is 1.78. The molecule has 3 nitrogen and oxygen atoms in total. The monoisotopic (exact) mass is 244 g/mol. The number of hydrogen-bond donors (Lipinski definition) is 0. The lowest BCUT2D eigenvalue weighted by molar-refractivity contribution is -0.110. The van der Waals surface area contributed by atoms with Crippen LogP contribution in [0, 0.1) is 0 Å². The summed E-state index contributed by atoms with van der Waals surface area (Å²) in [5.41, 5.74) is 1.36. The molecule has 1 aliphatic heterocycles. The maximum atomic E-state index is 10.8. The first-order chi connectivity index (χ1) is 8.74. The second kappa shape index (κ2) is 6.45. The van der Waals surface area contributed by atoms with Crippen LogP contribution in [0.15, 0.2) is 35.3 Å². The Morgan fingerprint density at radius 2 is 2.00 bits per heavy atom. The van der Waals surface area contributed by atoms with Crippen molar-refractivity contribution < 1.29 is 4.79 Å². The van der Waals surface area contributed by atoms with Gasteiger partial charge in [-0.25, -0.2) is 0 Å². The molecule has 1 aromatic rings. The van der Waals surface area contributed by atoms with Crippen LogP contribution in [0.1, 0.15) is 25.3 Å². The van der Waals surface area contributed by atoms with Crippen LogP contribution in [0.5, 0.6) is 0 Å². The van der Waals surface area contributed by atoms with Gasteiger partial charge in [-0.15, -0.1) is 0 Å². The molecule has 0 spiro atoms. The van der Waals surface area contributed by atoms with E-state index in [1.807, 2.05) is 6.07 Å². The molecule has 1 heterocycles. The number of aliphatic imine (C=N–C) groups is 1. The lowest BCUT2D eigenvalue weighted by atomic mass is 10.0. The highest BCUT2D eigenvalue weighted by Gasteiger charge is 2.17. The van der Waals surface area contributed by atoms with Crippen LogP contribution in [0.2, 0.25) is 0 Å². The van der Waals surface area contributed by atoms with E-state index in [9.17, 15) is 4.79 Å². The molecule has 1 saturated heterocycles. The molecular weight excluding hydrogens is 224 g/mol. The van der Waals surface area contributed by atoms with Gasteiger partial charge in [-0.2, -0.15) is 0 Å². The number of piperidine rings is 1. The van der Waals surface area contributed by atoms with Crippen molar-refractivity contribution in [2.75, 3.05) is 13.1 Å². The fraction of sp³-hybridized carbons (Fsp3) is 0.467. The molecule has 0 unspecified atom stereocenters. The van der Waals surface area contributed by atoms with E-state index in [0.717, 1.165) is 32.5 Å². The highest BCUT2D eigenvalue weighted by Crippen LogP contribution is 2.15. The third-order valence-corrected chi connectivity index (χ3v) is 3.27. The Morgan fingerprint density at radius 1 is 1.33 bits per heavy atom. The number of nitrogens with zero attached hydrogens (tertiary/aromatic N) is 2. The summed E-state index contributed by atoms with van der Waals surface area (Å²) in [5.74, 6) is 0.0433. The Bertz CT molecular complexity index is 406. The first kappa shape index (κ1) is 13.0. The maximum Gasteiger partial charge on any atom is 0.170 e. The summed E-state index contributed by atoms with van der Waals surface area (Å²) in [6.45, 7) is 4.70. The minimum atomic E-state index is 0.0433. The average Bonchev–Trinajstić information content (AvgIpc) is 2.39. The van der Waals surface area contributed by atoms with Gasteiger partial charge in [-0.1, -0.05) is 30.3 Å². The molecule has 96 valence electrons. The van der Waals surface area contributed by atoms with E-state index in [1.54, 1.807) is 6.92 Å². The van der Waals surface area contributed by atoms with Crippen LogP contribution in [0.4, 0.5) is 0 Å². The molecule has 2 rings (SSSR count). The molecule has 0 saturated carbocycles. The third-order valence-electron chi connectivity index (χ3n) is 3.27. The molecule has 1 aliphatic rings. The number of hydrogen-bond acceptors (Lipinski definition) is 3. The Kier molecular flexibility index (Phi) is 4.65. The standard InChI is InChI=1S/C15H20N2O/c1-13(18)11-16-15-7-9-17(10-8-15)12-14-5-3-2-4-6-14/h2-6,11,15H,7-10,12H2,1H3/b16-11+. The number of Topliss-reactive ketones (excluding diaryl/α,β-unsaturated/α-hetero) is 1. The van der Waals surface area contributed by atoms with E-state index in [4.69, 9.17) is 0 Å². The van der Waals surface area contributed by atoms with Crippen LogP contribution in [0.25, 0.3) is 0 Å². The summed E-state index contributed by atoms with van der Waals surface area (Å²) < 4.78 is 0. The topological polar surface area (TPSA) is 32.7 Å². The van der Waals surface area contributed by atoms with Crippen molar-refractivity contribution >= 4 is 12.0 Å². The van der Waals surface area contributed by atoms with Gasteiger partial charge in [-0.3, -0.25) is 14.7 Å². The molecule has 1 fully saturated rings. The van der Waals surface area contributed by atoms with Gasteiger partial charge in [0, 0.05) is 26.6 Å². The minimum Gasteiger partial charge on any atom is -0.299 e. The van der Waals surface area contributed by atoms with E-state index in [0.29, 0.717) is 6.04 Å². The summed E-state index contributed by atoms with van der Waals surface area (Å²) in [6.07, 6.45) is 3.57. The van der Waals surface area contributed by atoms with Crippen molar-refractivity contribution in [1.29, 1.82) is 0 Å². The van der Waals surface area contributed by atoms with Crippen LogP contribution in [-0.2, 0) is 11.3 Å². The van der Waals surface area contributed by atoms with Crippen molar-refractivity contribution in [3.8, 4) is 0 Å². The van der Waals surface area contributed by atoms with Crippen molar-refractivity contribution in [3.63, 3.8) is 0 Å². The first-order valence-electron chi connectivity index (χ1n) is 6.54. The molecule has 3 heteroatoms. The molecule has 0 amide bonds. The van der Waals surface area contributed by atoms with Gasteiger partial charge in [-0.05, 0) is 18.4 Å². The highest BCUT2D eigenvalue weighted by molar-refractivity contribution is 6.26. The molecule has 0 N–H and O–H groups in total. The fourth-order valence-corrected chi connectivity index (χ4v) is 2.28. The van der Waals surface area contributed by atoms with E-state index in [1.165, 1.54) is 11.8 Å². The molecule has 0 atom stereocenters. The van der Waals surface area contributed by atoms with Gasteiger partial charge < -0.3 is 0 Å². The predicted octanol–water partition coefficient (Wildman–Crippen LogP) is 2.31. The zero-order chi connectivity index (χ0) is 12.8. The molecule has 0 radical (unpaired) electrons. The molecule has 0 aliphatic carbocycles. The first-order valence-corrected chi connectivity index (χ1v) is 6.54. The highest BCUT2D eigenvalue weighted by atomic mass is 16.1. The maximum absolute atomic E-state index is 10.8. The largest absolute Gasteiger partial charge is 0.299 e. The van der Waals surface area contributed by atoms with Gasteiger partial charge in [0.15, 0.2) is 5.78 Å². The summed E-state index contributed by atoms with van der Waals surface area (Å²) in [7, 11) is 0. The normalized spacial score (nSPS) is 18.3. The smallest absolute Gasteiger partial charge is 0.170 e. The average molecular weight is 244 g/mol. The lowest BCUT2D eigenvalue weighted by Gasteiger charge is -2.30. The summed E-state index contributed by atoms with van der Waals surface area (Å²) in [6, 6.07) is 10.9. The number of likely N-dealkylation sites (tertiary alicyclic amines) is 1. The second-order valence-electron chi connectivity index (χ2n) is 4.88. The van der Waals surface area contributed by atoms with E-state index < -0.39 is 0 Å². The van der Waals surface area contributed by atoms with E-state index in [-0.39, 0.29) is 5.78 Å². The molecule has 0 aromatic heterocycles. The van der Waals surface area contributed by atoms with Crippen LogP contribution in [0.3, 0.4) is 0 Å².